The highest BCUT2D eigenvalue weighted by Crippen LogP contribution is 2.13. The molecule has 0 aromatic heterocycles. The number of allylic oxidation sites excluding steroid dienone is 16. The third-order valence-corrected chi connectivity index (χ3v) is 9.39. The van der Waals surface area contributed by atoms with Gasteiger partial charge in [0.15, 0.2) is 0 Å². The molecular weight excluding hydrogens is 677 g/mol. The Kier molecular flexibility index (Phi) is 45.1. The van der Waals surface area contributed by atoms with Gasteiger partial charge < -0.3 is 14.6 Å². The van der Waals surface area contributed by atoms with Crippen LogP contribution in [0.2, 0.25) is 0 Å². The van der Waals surface area contributed by atoms with Crippen molar-refractivity contribution in [1.29, 1.82) is 0 Å². The summed E-state index contributed by atoms with van der Waals surface area (Å²) in [5, 5.41) is 9.62. The molecule has 1 atom stereocenters. The van der Waals surface area contributed by atoms with E-state index in [9.17, 15) is 9.90 Å². The van der Waals surface area contributed by atoms with Gasteiger partial charge in [-0.05, 0) is 96.3 Å². The number of ether oxygens (including phenoxy) is 2. The highest BCUT2D eigenvalue weighted by atomic mass is 16.6. The summed E-state index contributed by atoms with van der Waals surface area (Å²) in [5.41, 5.74) is 0. The van der Waals surface area contributed by atoms with E-state index in [0.29, 0.717) is 13.0 Å². The van der Waals surface area contributed by atoms with E-state index in [1.54, 1.807) is 0 Å². The number of hydrogen-bond donors (Lipinski definition) is 1. The largest absolute Gasteiger partial charge is 0.457 e. The first-order chi connectivity index (χ1) is 27.2. The molecule has 0 aliphatic carbocycles. The molecule has 0 saturated carbocycles. The molecule has 0 aliphatic heterocycles. The minimum atomic E-state index is -0.554. The van der Waals surface area contributed by atoms with Gasteiger partial charge in [0.2, 0.25) is 0 Å². The Morgan fingerprint density at radius 1 is 0.455 bits per heavy atom. The van der Waals surface area contributed by atoms with Gasteiger partial charge in [0.05, 0.1) is 13.2 Å². The molecule has 55 heavy (non-hydrogen) atoms. The minimum Gasteiger partial charge on any atom is -0.457 e. The van der Waals surface area contributed by atoms with Crippen LogP contribution < -0.4 is 0 Å². The molecular formula is C51H86O4. The Morgan fingerprint density at radius 2 is 0.818 bits per heavy atom. The van der Waals surface area contributed by atoms with Gasteiger partial charge in [-0.15, -0.1) is 0 Å². The molecule has 0 aromatic rings. The Hall–Kier alpha value is -2.69. The summed E-state index contributed by atoms with van der Waals surface area (Å²) in [6.45, 7) is 5.15. The highest BCUT2D eigenvalue weighted by Gasteiger charge is 2.13. The third-order valence-electron chi connectivity index (χ3n) is 9.39. The molecule has 4 nitrogen and oxygen atoms in total. The van der Waals surface area contributed by atoms with Crippen molar-refractivity contribution in [3.05, 3.63) is 97.2 Å². The zero-order valence-corrected chi connectivity index (χ0v) is 35.9. The molecule has 0 saturated heterocycles. The van der Waals surface area contributed by atoms with Gasteiger partial charge in [-0.3, -0.25) is 4.79 Å². The smallest absolute Gasteiger partial charge is 0.306 e. The van der Waals surface area contributed by atoms with Crippen LogP contribution in [0.5, 0.6) is 0 Å². The van der Waals surface area contributed by atoms with Crippen molar-refractivity contribution in [3.8, 4) is 0 Å². The lowest BCUT2D eigenvalue weighted by molar-refractivity contribution is -0.154. The zero-order chi connectivity index (χ0) is 39.8. The fourth-order valence-corrected chi connectivity index (χ4v) is 6.01. The first kappa shape index (κ1) is 52.3. The van der Waals surface area contributed by atoms with Crippen LogP contribution in [-0.4, -0.2) is 37.0 Å². The van der Waals surface area contributed by atoms with Crippen LogP contribution >= 0.6 is 0 Å². The molecule has 0 amide bonds. The lowest BCUT2D eigenvalue weighted by atomic mass is 10.1. The number of aliphatic hydroxyl groups excluding tert-OH is 1. The normalized spacial score (nSPS) is 13.3. The van der Waals surface area contributed by atoms with Crippen molar-refractivity contribution in [2.24, 2.45) is 0 Å². The monoisotopic (exact) mass is 763 g/mol. The van der Waals surface area contributed by atoms with Crippen LogP contribution in [-0.2, 0) is 14.3 Å². The van der Waals surface area contributed by atoms with E-state index in [1.807, 2.05) is 0 Å². The molecule has 0 heterocycles. The summed E-state index contributed by atoms with van der Waals surface area (Å²) < 4.78 is 11.2. The number of hydrogen-bond acceptors (Lipinski definition) is 4. The predicted octanol–water partition coefficient (Wildman–Crippen LogP) is 15.3. The molecule has 0 rings (SSSR count). The second kappa shape index (κ2) is 47.5. The number of esters is 1. The van der Waals surface area contributed by atoms with Gasteiger partial charge in [-0.25, -0.2) is 0 Å². The SMILES string of the molecule is CC/C=C\C/C=C\C/C=C\C/C=C\C/C=C\C/C=C\CCCCCCCOCC(CO)OC(=O)CCCCCCCCCCC/C=C\C/C=C\CCCCC. The van der Waals surface area contributed by atoms with Crippen molar-refractivity contribution in [1.82, 2.24) is 0 Å². The minimum absolute atomic E-state index is 0.187. The number of unbranched alkanes of at least 4 members (excludes halogenated alkanes) is 17. The van der Waals surface area contributed by atoms with Crippen LogP contribution in [0.25, 0.3) is 0 Å². The molecule has 0 aromatic carbocycles. The Balaban J connectivity index is 3.53. The summed E-state index contributed by atoms with van der Waals surface area (Å²) in [4.78, 5) is 12.2. The van der Waals surface area contributed by atoms with Gasteiger partial charge in [-0.1, -0.05) is 188 Å². The maximum atomic E-state index is 12.2. The first-order valence-electron chi connectivity index (χ1n) is 22.8. The molecule has 0 radical (unpaired) electrons. The van der Waals surface area contributed by atoms with E-state index >= 15 is 0 Å². The van der Waals surface area contributed by atoms with Gasteiger partial charge in [0.1, 0.15) is 6.10 Å². The Bertz CT molecular complexity index is 1030. The van der Waals surface area contributed by atoms with E-state index in [0.717, 1.165) is 77.0 Å². The second-order valence-corrected chi connectivity index (χ2v) is 14.7. The first-order valence-corrected chi connectivity index (χ1v) is 22.8. The molecule has 1 unspecified atom stereocenters. The number of aliphatic hydroxyl groups is 1. The third kappa shape index (κ3) is 45.6. The van der Waals surface area contributed by atoms with Gasteiger partial charge in [0.25, 0.3) is 0 Å². The van der Waals surface area contributed by atoms with Crippen molar-refractivity contribution in [2.45, 2.75) is 200 Å². The summed E-state index contributed by atoms with van der Waals surface area (Å²) in [6.07, 6.45) is 67.5. The average molecular weight is 763 g/mol. The van der Waals surface area contributed by atoms with Crippen LogP contribution in [0.4, 0.5) is 0 Å². The second-order valence-electron chi connectivity index (χ2n) is 14.7. The van der Waals surface area contributed by atoms with E-state index in [-0.39, 0.29) is 19.2 Å². The molecule has 0 aliphatic rings. The summed E-state index contributed by atoms with van der Waals surface area (Å²) in [7, 11) is 0. The molecule has 314 valence electrons. The number of rotatable bonds is 41. The Morgan fingerprint density at radius 3 is 1.24 bits per heavy atom. The summed E-state index contributed by atoms with van der Waals surface area (Å²) in [5.74, 6) is -0.216. The van der Waals surface area contributed by atoms with Gasteiger partial charge in [0, 0.05) is 13.0 Å². The maximum absolute atomic E-state index is 12.2. The van der Waals surface area contributed by atoms with E-state index in [1.165, 1.54) is 96.3 Å². The van der Waals surface area contributed by atoms with Crippen LogP contribution in [0.3, 0.4) is 0 Å². The predicted molar refractivity (Wildman–Crippen MR) is 242 cm³/mol. The molecule has 0 fully saturated rings. The molecule has 4 heteroatoms. The van der Waals surface area contributed by atoms with E-state index < -0.39 is 6.10 Å². The van der Waals surface area contributed by atoms with Crippen molar-refractivity contribution in [3.63, 3.8) is 0 Å². The summed E-state index contributed by atoms with van der Waals surface area (Å²) >= 11 is 0. The number of carbonyl (C=O) groups excluding carboxylic acids is 1. The highest BCUT2D eigenvalue weighted by molar-refractivity contribution is 5.69. The quantitative estimate of drug-likeness (QED) is 0.0383. The van der Waals surface area contributed by atoms with Crippen LogP contribution in [0.15, 0.2) is 97.2 Å². The van der Waals surface area contributed by atoms with E-state index in [4.69, 9.17) is 9.47 Å². The topological polar surface area (TPSA) is 55.8 Å². The molecule has 1 N–H and O–H groups in total. The fourth-order valence-electron chi connectivity index (χ4n) is 6.01. The van der Waals surface area contributed by atoms with Crippen molar-refractivity contribution >= 4 is 5.97 Å². The lowest BCUT2D eigenvalue weighted by Crippen LogP contribution is -2.27. The van der Waals surface area contributed by atoms with Crippen molar-refractivity contribution in [2.75, 3.05) is 19.8 Å². The summed E-state index contributed by atoms with van der Waals surface area (Å²) in [6, 6.07) is 0. The van der Waals surface area contributed by atoms with Gasteiger partial charge >= 0.3 is 5.97 Å². The zero-order valence-electron chi connectivity index (χ0n) is 35.9. The van der Waals surface area contributed by atoms with Crippen molar-refractivity contribution < 1.29 is 19.4 Å². The van der Waals surface area contributed by atoms with Crippen LogP contribution in [0, 0.1) is 0 Å². The number of carbonyl (C=O) groups is 1. The fraction of sp³-hybridized carbons (Fsp3) is 0.667. The van der Waals surface area contributed by atoms with Crippen LogP contribution in [0.1, 0.15) is 194 Å². The Labute approximate surface area is 341 Å². The van der Waals surface area contributed by atoms with Gasteiger partial charge in [-0.2, -0.15) is 0 Å². The average Bonchev–Trinajstić information content (AvgIpc) is 3.19. The molecule has 0 spiro atoms. The maximum Gasteiger partial charge on any atom is 0.306 e. The van der Waals surface area contributed by atoms with E-state index in [2.05, 4.69) is 111 Å². The molecule has 0 bridgehead atoms. The lowest BCUT2D eigenvalue weighted by Gasteiger charge is -2.15. The standard InChI is InChI=1S/C51H86O4/c1-3-5-7-9-11-13-15-17-19-21-23-24-25-26-27-29-31-33-35-37-39-41-43-45-47-54-49-50(48-52)55-51(53)46-44-42-40-38-36-34-32-30-28-22-20-18-16-14-12-10-8-6-4-2/h5,7,11-14,17-20,23-24,26-27,31,33,50,52H,3-4,6,8-10,15-16,21-22,25,28-30,32,34-49H2,1-2H3/b7-5-,13-11-,14-12-,19-17-,20-18-,24-23-,27-26-,33-31-.